The molecule has 1 aliphatic rings. The first kappa shape index (κ1) is 20.5. The van der Waals surface area contributed by atoms with Crippen molar-refractivity contribution < 1.29 is 14.3 Å². The first-order chi connectivity index (χ1) is 13.5. The third-order valence-corrected chi connectivity index (χ3v) is 4.96. The first-order valence-corrected chi connectivity index (χ1v) is 9.66. The van der Waals surface area contributed by atoms with Gasteiger partial charge >= 0.3 is 0 Å². The highest BCUT2D eigenvalue weighted by Gasteiger charge is 2.32. The molecule has 2 aromatic rings. The van der Waals surface area contributed by atoms with Gasteiger partial charge in [0.2, 0.25) is 11.8 Å². The fourth-order valence-electron chi connectivity index (χ4n) is 3.29. The lowest BCUT2D eigenvalue weighted by molar-refractivity contribution is -0.122. The molecule has 0 spiro atoms. The number of carbonyl (C=O) groups is 2. The van der Waals surface area contributed by atoms with Gasteiger partial charge in [-0.3, -0.25) is 14.5 Å². The van der Waals surface area contributed by atoms with Crippen molar-refractivity contribution in [3.05, 3.63) is 52.5 Å². The number of nitrogens with one attached hydrogen (secondary N) is 2. The van der Waals surface area contributed by atoms with Crippen LogP contribution in [0.5, 0.6) is 5.75 Å². The van der Waals surface area contributed by atoms with E-state index in [1.165, 1.54) is 0 Å². The summed E-state index contributed by atoms with van der Waals surface area (Å²) in [4.78, 5) is 27.0. The van der Waals surface area contributed by atoms with Gasteiger partial charge in [0.25, 0.3) is 0 Å². The van der Waals surface area contributed by atoms with Gasteiger partial charge in [-0.05, 0) is 49.7 Å². The number of amides is 2. The van der Waals surface area contributed by atoms with Crippen LogP contribution in [0.4, 0.5) is 11.4 Å². The number of anilines is 2. The number of carbonyl (C=O) groups excluding carboxylic acids is 2. The van der Waals surface area contributed by atoms with Crippen LogP contribution in [0.2, 0.25) is 10.0 Å². The van der Waals surface area contributed by atoms with Crippen LogP contribution in [0.15, 0.2) is 42.5 Å². The molecule has 28 heavy (non-hydrogen) atoms. The van der Waals surface area contributed by atoms with Gasteiger partial charge in [-0.15, -0.1) is 0 Å². The summed E-state index contributed by atoms with van der Waals surface area (Å²) < 4.78 is 5.25. The number of benzene rings is 2. The van der Waals surface area contributed by atoms with Crippen molar-refractivity contribution in [3.8, 4) is 5.75 Å². The Kier molecular flexibility index (Phi) is 6.78. The van der Waals surface area contributed by atoms with Gasteiger partial charge in [0.15, 0.2) is 0 Å². The number of nitrogens with zero attached hydrogens (tertiary/aromatic N) is 1. The van der Waals surface area contributed by atoms with Crippen LogP contribution in [0.25, 0.3) is 0 Å². The number of hydrogen-bond acceptors (Lipinski definition) is 4. The molecule has 1 atom stereocenters. The molecular weight excluding hydrogens is 401 g/mol. The van der Waals surface area contributed by atoms with E-state index in [2.05, 4.69) is 10.6 Å². The number of ether oxygens (including phenoxy) is 1. The number of para-hydroxylation sites is 2. The largest absolute Gasteiger partial charge is 0.495 e. The summed E-state index contributed by atoms with van der Waals surface area (Å²) in [7, 11) is 1.55. The molecule has 0 radical (unpaired) electrons. The smallest absolute Gasteiger partial charge is 0.241 e. The Hall–Kier alpha value is -2.28. The summed E-state index contributed by atoms with van der Waals surface area (Å²) >= 11 is 12.0. The van der Waals surface area contributed by atoms with Crippen LogP contribution in [0.1, 0.15) is 12.8 Å². The van der Waals surface area contributed by atoms with Crippen molar-refractivity contribution >= 4 is 46.4 Å². The zero-order chi connectivity index (χ0) is 20.1. The van der Waals surface area contributed by atoms with E-state index in [0.29, 0.717) is 40.1 Å². The van der Waals surface area contributed by atoms with E-state index in [1.807, 2.05) is 17.0 Å². The zero-order valence-electron chi connectivity index (χ0n) is 15.4. The number of hydrogen-bond donors (Lipinski definition) is 2. The normalized spacial score (nSPS) is 16.6. The van der Waals surface area contributed by atoms with Crippen molar-refractivity contribution in [2.24, 2.45) is 0 Å². The van der Waals surface area contributed by atoms with Gasteiger partial charge in [-0.25, -0.2) is 0 Å². The van der Waals surface area contributed by atoms with E-state index in [1.54, 1.807) is 37.4 Å². The van der Waals surface area contributed by atoms with Crippen LogP contribution in [0.3, 0.4) is 0 Å². The molecule has 2 N–H and O–H groups in total. The quantitative estimate of drug-likeness (QED) is 0.737. The molecule has 1 unspecified atom stereocenters. The maximum absolute atomic E-state index is 12.7. The molecule has 0 bridgehead atoms. The van der Waals surface area contributed by atoms with Gasteiger partial charge in [0.1, 0.15) is 5.75 Å². The van der Waals surface area contributed by atoms with Crippen LogP contribution in [0, 0.1) is 0 Å². The van der Waals surface area contributed by atoms with Crippen molar-refractivity contribution in [1.29, 1.82) is 0 Å². The molecule has 8 heteroatoms. The average Bonchev–Trinajstić information content (AvgIpc) is 3.09. The second-order valence-corrected chi connectivity index (χ2v) is 7.40. The Morgan fingerprint density at radius 2 is 1.86 bits per heavy atom. The van der Waals surface area contributed by atoms with Crippen molar-refractivity contribution in [3.63, 3.8) is 0 Å². The fourth-order valence-corrected chi connectivity index (χ4v) is 3.81. The van der Waals surface area contributed by atoms with Crippen LogP contribution >= 0.6 is 23.2 Å². The predicted molar refractivity (Wildman–Crippen MR) is 111 cm³/mol. The molecule has 1 saturated heterocycles. The first-order valence-electron chi connectivity index (χ1n) is 8.90. The summed E-state index contributed by atoms with van der Waals surface area (Å²) in [6.45, 7) is 0.792. The Balaban J connectivity index is 1.62. The van der Waals surface area contributed by atoms with Gasteiger partial charge in [-0.1, -0.05) is 35.3 Å². The molecule has 2 amide bonds. The van der Waals surface area contributed by atoms with E-state index in [0.717, 1.165) is 6.42 Å². The summed E-state index contributed by atoms with van der Waals surface area (Å²) in [6.07, 6.45) is 1.53. The lowest BCUT2D eigenvalue weighted by Gasteiger charge is -2.23. The topological polar surface area (TPSA) is 70.7 Å². The molecule has 1 aliphatic heterocycles. The summed E-state index contributed by atoms with van der Waals surface area (Å²) in [5.41, 5.74) is 1.14. The molecule has 0 saturated carbocycles. The molecular formula is C20H21Cl2N3O3. The predicted octanol–water partition coefficient (Wildman–Crippen LogP) is 4.04. The number of rotatable bonds is 6. The summed E-state index contributed by atoms with van der Waals surface area (Å²) in [5.74, 6) is 0.209. The standard InChI is InChI=1S/C20H21Cl2N3O3/c1-28-18-7-3-2-5-16(18)24-19(26)12-25-8-4-6-17(25)20(27)23-15-10-13(21)9-14(22)11-15/h2-3,5,7,9-11,17H,4,6,8,12H2,1H3,(H,23,27)(H,24,26). The second-order valence-electron chi connectivity index (χ2n) is 6.52. The van der Waals surface area contributed by atoms with Crippen LogP contribution in [-0.4, -0.2) is 43.0 Å². The Bertz CT molecular complexity index is 855. The minimum atomic E-state index is -0.388. The lowest BCUT2D eigenvalue weighted by atomic mass is 10.2. The second kappa shape index (κ2) is 9.28. The molecule has 6 nitrogen and oxygen atoms in total. The van der Waals surface area contributed by atoms with Crippen molar-refractivity contribution in [2.75, 3.05) is 30.8 Å². The Morgan fingerprint density at radius 3 is 2.57 bits per heavy atom. The van der Waals surface area contributed by atoms with E-state index in [9.17, 15) is 9.59 Å². The average molecular weight is 422 g/mol. The van der Waals surface area contributed by atoms with Gasteiger partial charge in [-0.2, -0.15) is 0 Å². The van der Waals surface area contributed by atoms with Crippen LogP contribution in [-0.2, 0) is 9.59 Å². The minimum absolute atomic E-state index is 0.117. The van der Waals surface area contributed by atoms with Crippen molar-refractivity contribution in [1.82, 2.24) is 4.90 Å². The van der Waals surface area contributed by atoms with E-state index in [4.69, 9.17) is 27.9 Å². The van der Waals surface area contributed by atoms with Gasteiger partial charge in [0, 0.05) is 15.7 Å². The molecule has 1 fully saturated rings. The molecule has 3 rings (SSSR count). The highest BCUT2D eigenvalue weighted by atomic mass is 35.5. The van der Waals surface area contributed by atoms with E-state index in [-0.39, 0.29) is 24.4 Å². The maximum Gasteiger partial charge on any atom is 0.241 e. The van der Waals surface area contributed by atoms with E-state index < -0.39 is 0 Å². The van der Waals surface area contributed by atoms with Crippen molar-refractivity contribution in [2.45, 2.75) is 18.9 Å². The molecule has 148 valence electrons. The van der Waals surface area contributed by atoms with Crippen LogP contribution < -0.4 is 15.4 Å². The third-order valence-electron chi connectivity index (χ3n) is 4.52. The molecule has 0 aliphatic carbocycles. The van der Waals surface area contributed by atoms with E-state index >= 15 is 0 Å². The third kappa shape index (κ3) is 5.16. The van der Waals surface area contributed by atoms with Gasteiger partial charge in [0.05, 0.1) is 25.4 Å². The zero-order valence-corrected chi connectivity index (χ0v) is 16.9. The number of methoxy groups -OCH3 is 1. The van der Waals surface area contributed by atoms with Gasteiger partial charge < -0.3 is 15.4 Å². The Morgan fingerprint density at radius 1 is 1.14 bits per heavy atom. The minimum Gasteiger partial charge on any atom is -0.495 e. The number of halogens is 2. The molecule has 1 heterocycles. The summed E-state index contributed by atoms with van der Waals surface area (Å²) in [5, 5.41) is 6.57. The Labute approximate surface area is 173 Å². The number of likely N-dealkylation sites (tertiary alicyclic amines) is 1. The maximum atomic E-state index is 12.7. The highest BCUT2D eigenvalue weighted by molar-refractivity contribution is 6.35. The highest BCUT2D eigenvalue weighted by Crippen LogP contribution is 2.25. The fraction of sp³-hybridized carbons (Fsp3) is 0.300. The monoisotopic (exact) mass is 421 g/mol. The summed E-state index contributed by atoms with van der Waals surface area (Å²) in [6, 6.07) is 11.7. The lowest BCUT2D eigenvalue weighted by Crippen LogP contribution is -2.43. The SMILES string of the molecule is COc1ccccc1NC(=O)CN1CCCC1C(=O)Nc1cc(Cl)cc(Cl)c1. The molecule has 0 aromatic heterocycles. The molecule has 2 aromatic carbocycles.